The van der Waals surface area contributed by atoms with Crippen LogP contribution >= 0.6 is 12.2 Å². The largest absolute Gasteiger partial charge is 0.469 e. The Morgan fingerprint density at radius 3 is 2.62 bits per heavy atom. The summed E-state index contributed by atoms with van der Waals surface area (Å²) in [7, 11) is 1.39. The molecule has 8 heteroatoms. The molecule has 3 rings (SSSR count). The van der Waals surface area contributed by atoms with Crippen LogP contribution in [0, 0.1) is 13.8 Å². The number of hydrogen-bond acceptors (Lipinski definition) is 5. The number of para-hydroxylation sites is 1. The van der Waals surface area contributed by atoms with Crippen molar-refractivity contribution in [2.24, 2.45) is 0 Å². The third-order valence-corrected chi connectivity index (χ3v) is 5.49. The van der Waals surface area contributed by atoms with Crippen molar-refractivity contribution in [2.75, 3.05) is 13.7 Å². The number of nitrogens with zero attached hydrogens (tertiary/aromatic N) is 3. The highest BCUT2D eigenvalue weighted by Crippen LogP contribution is 2.29. The Morgan fingerprint density at radius 1 is 1.21 bits per heavy atom. The SMILES string of the molecule is COC(=O)CCCCCN1C(=O)[C@@H](c2c(C)nn(-c3ccccc3)c2C)NC1=S. The molecule has 0 unspecified atom stereocenters. The second kappa shape index (κ2) is 9.17. The van der Waals surface area contributed by atoms with Crippen molar-refractivity contribution >= 4 is 29.2 Å². The van der Waals surface area contributed by atoms with Crippen molar-refractivity contribution in [1.82, 2.24) is 20.0 Å². The van der Waals surface area contributed by atoms with E-state index >= 15 is 0 Å². The minimum atomic E-state index is -0.518. The molecule has 1 atom stereocenters. The topological polar surface area (TPSA) is 76.5 Å². The second-order valence-electron chi connectivity index (χ2n) is 7.09. The van der Waals surface area contributed by atoms with Gasteiger partial charge in [0.1, 0.15) is 6.04 Å². The van der Waals surface area contributed by atoms with Gasteiger partial charge >= 0.3 is 5.97 Å². The predicted molar refractivity (Wildman–Crippen MR) is 114 cm³/mol. The Morgan fingerprint density at radius 2 is 1.93 bits per heavy atom. The summed E-state index contributed by atoms with van der Waals surface area (Å²) in [5.41, 5.74) is 3.55. The number of unbranched alkanes of at least 4 members (excludes halogenated alkanes) is 2. The van der Waals surface area contributed by atoms with Crippen molar-refractivity contribution < 1.29 is 14.3 Å². The van der Waals surface area contributed by atoms with Crippen LogP contribution in [0.1, 0.15) is 48.7 Å². The van der Waals surface area contributed by atoms with Crippen LogP contribution in [0.5, 0.6) is 0 Å². The van der Waals surface area contributed by atoms with E-state index in [-0.39, 0.29) is 11.9 Å². The molecule has 1 aromatic carbocycles. The monoisotopic (exact) mass is 414 g/mol. The standard InChI is InChI=1S/C21H26N4O3S/c1-14-18(15(2)25(23-14)16-10-6-4-7-11-16)19-20(27)24(21(29)22-19)13-9-5-8-12-17(26)28-3/h4,6-7,10-11,19H,5,8-9,12-13H2,1-3H3,(H,22,29)/t19-/m1/s1. The third-order valence-electron chi connectivity index (χ3n) is 5.15. The molecule has 2 aromatic rings. The lowest BCUT2D eigenvalue weighted by Crippen LogP contribution is -2.31. The lowest BCUT2D eigenvalue weighted by Gasteiger charge is -2.14. The number of hydrogen-bond donors (Lipinski definition) is 1. The average Bonchev–Trinajstić information content (AvgIpc) is 3.17. The van der Waals surface area contributed by atoms with Crippen LogP contribution in [0.3, 0.4) is 0 Å². The number of methoxy groups -OCH3 is 1. The van der Waals surface area contributed by atoms with Crippen molar-refractivity contribution in [1.29, 1.82) is 0 Å². The van der Waals surface area contributed by atoms with Gasteiger partial charge in [0.2, 0.25) is 0 Å². The molecule has 2 heterocycles. The van der Waals surface area contributed by atoms with Gasteiger partial charge in [-0.25, -0.2) is 4.68 Å². The van der Waals surface area contributed by atoms with E-state index < -0.39 is 6.04 Å². The third kappa shape index (κ3) is 4.48. The van der Waals surface area contributed by atoms with E-state index in [1.807, 2.05) is 48.9 Å². The fourth-order valence-corrected chi connectivity index (χ4v) is 3.94. The van der Waals surface area contributed by atoms with Gasteiger partial charge in [-0.15, -0.1) is 0 Å². The number of aromatic nitrogens is 2. The molecule has 0 saturated carbocycles. The molecule has 154 valence electrons. The Hall–Kier alpha value is -2.74. The van der Waals surface area contributed by atoms with E-state index in [4.69, 9.17) is 12.2 Å². The molecule has 1 N–H and O–H groups in total. The smallest absolute Gasteiger partial charge is 0.305 e. The van der Waals surface area contributed by atoms with Crippen molar-refractivity contribution in [2.45, 2.75) is 45.6 Å². The maximum Gasteiger partial charge on any atom is 0.305 e. The summed E-state index contributed by atoms with van der Waals surface area (Å²) in [6.45, 7) is 4.42. The zero-order valence-corrected chi connectivity index (χ0v) is 17.8. The molecule has 1 aliphatic heterocycles. The van der Waals surface area contributed by atoms with E-state index in [1.165, 1.54) is 7.11 Å². The Bertz CT molecular complexity index is 910. The van der Waals surface area contributed by atoms with Crippen LogP contribution in [0.2, 0.25) is 0 Å². The highest BCUT2D eigenvalue weighted by molar-refractivity contribution is 7.80. The van der Waals surface area contributed by atoms with E-state index in [1.54, 1.807) is 4.90 Å². The first-order chi connectivity index (χ1) is 13.9. The van der Waals surface area contributed by atoms with Gasteiger partial charge in [-0.1, -0.05) is 24.6 Å². The lowest BCUT2D eigenvalue weighted by molar-refractivity contribution is -0.140. The van der Waals surface area contributed by atoms with Crippen molar-refractivity contribution in [3.8, 4) is 5.69 Å². The van der Waals surface area contributed by atoms with Gasteiger partial charge in [-0.3, -0.25) is 14.5 Å². The normalized spacial score (nSPS) is 16.2. The first-order valence-corrected chi connectivity index (χ1v) is 10.1. The van der Waals surface area contributed by atoms with Crippen LogP contribution in [0.25, 0.3) is 5.69 Å². The molecule has 0 radical (unpaired) electrons. The number of nitrogens with one attached hydrogen (secondary N) is 1. The van der Waals surface area contributed by atoms with Gasteiger partial charge in [0, 0.05) is 24.2 Å². The fraction of sp³-hybridized carbons (Fsp3) is 0.429. The van der Waals surface area contributed by atoms with Gasteiger partial charge < -0.3 is 10.1 Å². The number of aryl methyl sites for hydroxylation is 1. The maximum atomic E-state index is 13.0. The number of carbonyl (C=O) groups is 2. The molecule has 0 bridgehead atoms. The summed E-state index contributed by atoms with van der Waals surface area (Å²) in [6, 6.07) is 9.33. The second-order valence-corrected chi connectivity index (χ2v) is 7.48. The first kappa shape index (κ1) is 21.0. The summed E-state index contributed by atoms with van der Waals surface area (Å²) < 4.78 is 6.50. The van der Waals surface area contributed by atoms with E-state index in [9.17, 15) is 9.59 Å². The van der Waals surface area contributed by atoms with E-state index in [2.05, 4.69) is 15.2 Å². The number of amides is 1. The zero-order chi connectivity index (χ0) is 21.0. The number of esters is 1. The summed E-state index contributed by atoms with van der Waals surface area (Å²) >= 11 is 5.41. The zero-order valence-electron chi connectivity index (χ0n) is 17.0. The lowest BCUT2D eigenvalue weighted by atomic mass is 10.0. The molecule has 0 spiro atoms. The van der Waals surface area contributed by atoms with Gasteiger partial charge in [0.25, 0.3) is 5.91 Å². The fourth-order valence-electron chi connectivity index (χ4n) is 3.64. The molecule has 1 aliphatic rings. The van der Waals surface area contributed by atoms with Crippen LogP contribution in [-0.4, -0.2) is 45.3 Å². The number of benzene rings is 1. The molecular formula is C21H26N4O3S. The van der Waals surface area contributed by atoms with Gasteiger partial charge in [-0.2, -0.15) is 5.10 Å². The van der Waals surface area contributed by atoms with Crippen LogP contribution in [-0.2, 0) is 14.3 Å². The highest BCUT2D eigenvalue weighted by Gasteiger charge is 2.39. The molecule has 1 fully saturated rings. The van der Waals surface area contributed by atoms with Crippen LogP contribution < -0.4 is 5.32 Å². The van der Waals surface area contributed by atoms with Crippen molar-refractivity contribution in [3.63, 3.8) is 0 Å². The summed E-state index contributed by atoms with van der Waals surface area (Å²) in [5, 5.41) is 8.25. The quantitative estimate of drug-likeness (QED) is 0.407. The first-order valence-electron chi connectivity index (χ1n) is 9.74. The summed E-state index contributed by atoms with van der Waals surface area (Å²) in [5.74, 6) is -0.261. The van der Waals surface area contributed by atoms with Crippen LogP contribution in [0.15, 0.2) is 30.3 Å². The van der Waals surface area contributed by atoms with Gasteiger partial charge in [-0.05, 0) is 51.0 Å². The minimum Gasteiger partial charge on any atom is -0.469 e. The molecule has 0 aliphatic carbocycles. The molecule has 7 nitrogen and oxygen atoms in total. The van der Waals surface area contributed by atoms with Crippen LogP contribution in [0.4, 0.5) is 0 Å². The summed E-state index contributed by atoms with van der Waals surface area (Å²) in [4.78, 5) is 25.8. The maximum absolute atomic E-state index is 13.0. The molecule has 1 aromatic heterocycles. The van der Waals surface area contributed by atoms with E-state index in [0.29, 0.717) is 18.1 Å². The number of ether oxygens (including phenoxy) is 1. The van der Waals surface area contributed by atoms with Gasteiger partial charge in [0.15, 0.2) is 5.11 Å². The van der Waals surface area contributed by atoms with E-state index in [0.717, 1.165) is 41.9 Å². The number of thiocarbonyl (C=S) groups is 1. The average molecular weight is 415 g/mol. The highest BCUT2D eigenvalue weighted by atomic mass is 32.1. The van der Waals surface area contributed by atoms with Crippen molar-refractivity contribution in [3.05, 3.63) is 47.3 Å². The number of carbonyl (C=O) groups excluding carboxylic acids is 2. The molecule has 1 amide bonds. The molecular weight excluding hydrogens is 388 g/mol. The summed E-state index contributed by atoms with van der Waals surface area (Å²) in [6.07, 6.45) is 2.74. The van der Waals surface area contributed by atoms with Gasteiger partial charge in [0.05, 0.1) is 18.5 Å². The Balaban J connectivity index is 1.68. The number of rotatable bonds is 8. The molecule has 29 heavy (non-hydrogen) atoms. The minimum absolute atomic E-state index is 0.0539. The predicted octanol–water partition coefficient (Wildman–Crippen LogP) is 2.98. The molecule has 1 saturated heterocycles. The Kier molecular flexibility index (Phi) is 6.64. The Labute approximate surface area is 176 Å².